The molecular weight excluding hydrogens is 302 g/mol. The average molecular weight is 327 g/mol. The second-order valence-corrected chi connectivity index (χ2v) is 7.32. The van der Waals surface area contributed by atoms with Crippen molar-refractivity contribution in [3.05, 3.63) is 46.3 Å². The van der Waals surface area contributed by atoms with Crippen molar-refractivity contribution in [1.82, 2.24) is 15.5 Å². The number of amides is 1. The number of carbonyl (C=O) groups is 1. The maximum atomic E-state index is 12.6. The zero-order chi connectivity index (χ0) is 17.5. The van der Waals surface area contributed by atoms with Crippen LogP contribution in [0.2, 0.25) is 0 Å². The Morgan fingerprint density at radius 1 is 1.38 bits per heavy atom. The van der Waals surface area contributed by atoms with E-state index < -0.39 is 0 Å². The lowest BCUT2D eigenvalue weighted by atomic mass is 9.89. The van der Waals surface area contributed by atoms with Gasteiger partial charge in [-0.15, -0.1) is 0 Å². The molecular formula is C19H25N3O2. The summed E-state index contributed by atoms with van der Waals surface area (Å²) in [6, 6.07) is 6.12. The number of nitrogens with zero attached hydrogens (tertiary/aromatic N) is 1. The van der Waals surface area contributed by atoms with Gasteiger partial charge in [-0.05, 0) is 46.2 Å². The Labute approximate surface area is 142 Å². The molecule has 24 heavy (non-hydrogen) atoms. The highest BCUT2D eigenvalue weighted by molar-refractivity contribution is 5.79. The van der Waals surface area contributed by atoms with E-state index in [0.29, 0.717) is 6.42 Å². The minimum Gasteiger partial charge on any atom is -0.487 e. The molecule has 1 aromatic heterocycles. The van der Waals surface area contributed by atoms with Gasteiger partial charge in [-0.1, -0.05) is 12.1 Å². The van der Waals surface area contributed by atoms with Gasteiger partial charge >= 0.3 is 0 Å². The molecule has 1 amide bonds. The van der Waals surface area contributed by atoms with E-state index in [9.17, 15) is 4.79 Å². The molecule has 0 unspecified atom stereocenters. The van der Waals surface area contributed by atoms with E-state index >= 15 is 0 Å². The van der Waals surface area contributed by atoms with E-state index in [1.54, 1.807) is 0 Å². The molecule has 5 nitrogen and oxygen atoms in total. The Morgan fingerprint density at radius 3 is 2.79 bits per heavy atom. The number of ether oxygens (including phenoxy) is 1. The number of H-pyrrole nitrogens is 1. The summed E-state index contributed by atoms with van der Waals surface area (Å²) < 4.78 is 6.09. The molecule has 128 valence electrons. The van der Waals surface area contributed by atoms with Crippen LogP contribution in [-0.2, 0) is 11.2 Å². The summed E-state index contributed by atoms with van der Waals surface area (Å²) >= 11 is 0. The number of aromatic nitrogens is 2. The van der Waals surface area contributed by atoms with Crippen molar-refractivity contribution >= 4 is 5.91 Å². The van der Waals surface area contributed by atoms with Crippen molar-refractivity contribution in [3.63, 3.8) is 0 Å². The molecule has 0 bridgehead atoms. The topological polar surface area (TPSA) is 67.0 Å². The highest BCUT2D eigenvalue weighted by atomic mass is 16.5. The second-order valence-electron chi connectivity index (χ2n) is 7.32. The van der Waals surface area contributed by atoms with Crippen LogP contribution in [0.5, 0.6) is 5.75 Å². The summed E-state index contributed by atoms with van der Waals surface area (Å²) in [5.74, 6) is 0.879. The van der Waals surface area contributed by atoms with Crippen LogP contribution in [0.1, 0.15) is 54.4 Å². The minimum absolute atomic E-state index is 0.0109. The lowest BCUT2D eigenvalue weighted by Crippen LogP contribution is -2.41. The predicted molar refractivity (Wildman–Crippen MR) is 93.2 cm³/mol. The van der Waals surface area contributed by atoms with Gasteiger partial charge in [0.15, 0.2) is 0 Å². The van der Waals surface area contributed by atoms with E-state index in [0.717, 1.165) is 40.2 Å². The first kappa shape index (κ1) is 16.6. The van der Waals surface area contributed by atoms with Gasteiger partial charge in [0, 0.05) is 23.2 Å². The number of nitrogens with one attached hydrogen (secondary N) is 2. The molecule has 1 atom stereocenters. The minimum atomic E-state index is -0.305. The average Bonchev–Trinajstić information content (AvgIpc) is 2.77. The molecule has 2 heterocycles. The number of aromatic amines is 1. The molecule has 2 aromatic rings. The number of aryl methyl sites for hydroxylation is 3. The maximum absolute atomic E-state index is 12.6. The Bertz CT molecular complexity index is 757. The van der Waals surface area contributed by atoms with Gasteiger partial charge in [-0.2, -0.15) is 5.10 Å². The fourth-order valence-electron chi connectivity index (χ4n) is 3.33. The quantitative estimate of drug-likeness (QED) is 0.909. The SMILES string of the molecule is Cc1ccc2c(c1)OC(C)(C)C[C@H]2NC(=O)Cc1c(C)n[nH]c1C. The second kappa shape index (κ2) is 5.96. The van der Waals surface area contributed by atoms with Crippen LogP contribution in [0, 0.1) is 20.8 Å². The first-order valence-electron chi connectivity index (χ1n) is 8.34. The fraction of sp³-hybridized carbons (Fsp3) is 0.474. The third-order valence-electron chi connectivity index (χ3n) is 4.58. The summed E-state index contributed by atoms with van der Waals surface area (Å²) in [6.07, 6.45) is 1.09. The molecule has 0 spiro atoms. The number of benzene rings is 1. The van der Waals surface area contributed by atoms with E-state index in [1.165, 1.54) is 0 Å². The molecule has 5 heteroatoms. The summed E-state index contributed by atoms with van der Waals surface area (Å²) in [7, 11) is 0. The molecule has 1 aromatic carbocycles. The number of hydrogen-bond acceptors (Lipinski definition) is 3. The van der Waals surface area contributed by atoms with Crippen LogP contribution in [0.4, 0.5) is 0 Å². The third-order valence-corrected chi connectivity index (χ3v) is 4.58. The highest BCUT2D eigenvalue weighted by Crippen LogP contribution is 2.39. The maximum Gasteiger partial charge on any atom is 0.225 e. The van der Waals surface area contributed by atoms with Gasteiger partial charge in [0.2, 0.25) is 5.91 Å². The number of carbonyl (C=O) groups excluding carboxylic acids is 1. The summed E-state index contributed by atoms with van der Waals surface area (Å²) in [4.78, 5) is 12.6. The van der Waals surface area contributed by atoms with Crippen molar-refractivity contribution in [2.75, 3.05) is 0 Å². The molecule has 3 rings (SSSR count). The lowest BCUT2D eigenvalue weighted by Gasteiger charge is -2.38. The third kappa shape index (κ3) is 3.30. The molecule has 0 saturated heterocycles. The van der Waals surface area contributed by atoms with Crippen LogP contribution in [0.15, 0.2) is 18.2 Å². The van der Waals surface area contributed by atoms with Crippen LogP contribution in [0.25, 0.3) is 0 Å². The monoisotopic (exact) mass is 327 g/mol. The molecule has 0 aliphatic carbocycles. The highest BCUT2D eigenvalue weighted by Gasteiger charge is 2.34. The molecule has 1 aliphatic heterocycles. The van der Waals surface area contributed by atoms with Crippen molar-refractivity contribution in [3.8, 4) is 5.75 Å². The van der Waals surface area contributed by atoms with Crippen molar-refractivity contribution in [2.24, 2.45) is 0 Å². The summed E-state index contributed by atoms with van der Waals surface area (Å²) in [6.45, 7) is 10.0. The van der Waals surface area contributed by atoms with Gasteiger partial charge in [0.05, 0.1) is 18.2 Å². The fourth-order valence-corrected chi connectivity index (χ4v) is 3.33. The Hall–Kier alpha value is -2.30. The number of fused-ring (bicyclic) bond motifs is 1. The Morgan fingerprint density at radius 2 is 2.12 bits per heavy atom. The van der Waals surface area contributed by atoms with Gasteiger partial charge in [0.25, 0.3) is 0 Å². The molecule has 0 saturated carbocycles. The van der Waals surface area contributed by atoms with Crippen molar-refractivity contribution in [2.45, 2.75) is 59.1 Å². The van der Waals surface area contributed by atoms with E-state index in [1.807, 2.05) is 26.8 Å². The van der Waals surface area contributed by atoms with Crippen LogP contribution >= 0.6 is 0 Å². The predicted octanol–water partition coefficient (Wildman–Crippen LogP) is 3.30. The largest absolute Gasteiger partial charge is 0.487 e. The first-order valence-corrected chi connectivity index (χ1v) is 8.34. The van der Waals surface area contributed by atoms with Gasteiger partial charge in [-0.3, -0.25) is 9.89 Å². The van der Waals surface area contributed by atoms with Crippen LogP contribution < -0.4 is 10.1 Å². The summed E-state index contributed by atoms with van der Waals surface area (Å²) in [5.41, 5.74) is 4.70. The number of hydrogen-bond donors (Lipinski definition) is 2. The van der Waals surface area contributed by atoms with Gasteiger partial charge in [-0.25, -0.2) is 0 Å². The Kier molecular flexibility index (Phi) is 4.11. The summed E-state index contributed by atoms with van der Waals surface area (Å²) in [5, 5.41) is 10.3. The van der Waals surface area contributed by atoms with Crippen LogP contribution in [0.3, 0.4) is 0 Å². The number of rotatable bonds is 3. The molecule has 2 N–H and O–H groups in total. The van der Waals surface area contributed by atoms with Gasteiger partial charge in [0.1, 0.15) is 11.4 Å². The molecule has 1 aliphatic rings. The van der Waals surface area contributed by atoms with E-state index in [4.69, 9.17) is 4.74 Å². The van der Waals surface area contributed by atoms with Crippen molar-refractivity contribution in [1.29, 1.82) is 0 Å². The van der Waals surface area contributed by atoms with E-state index in [2.05, 4.69) is 41.5 Å². The normalized spacial score (nSPS) is 18.6. The lowest BCUT2D eigenvalue weighted by molar-refractivity contribution is -0.121. The standard InChI is InChI=1S/C19H25N3O2/c1-11-6-7-14-16(10-19(4,5)24-17(14)8-11)20-18(23)9-15-12(2)21-22-13(15)3/h6-8,16H,9-10H2,1-5H3,(H,20,23)(H,21,22)/t16-/m1/s1. The zero-order valence-corrected chi connectivity index (χ0v) is 15.0. The smallest absolute Gasteiger partial charge is 0.225 e. The van der Waals surface area contributed by atoms with Gasteiger partial charge < -0.3 is 10.1 Å². The molecule has 0 radical (unpaired) electrons. The van der Waals surface area contributed by atoms with E-state index in [-0.39, 0.29) is 17.6 Å². The molecule has 0 fully saturated rings. The zero-order valence-electron chi connectivity index (χ0n) is 15.0. The van der Waals surface area contributed by atoms with Crippen LogP contribution in [-0.4, -0.2) is 21.7 Å². The first-order chi connectivity index (χ1) is 11.2. The van der Waals surface area contributed by atoms with Crippen molar-refractivity contribution < 1.29 is 9.53 Å². The Balaban J connectivity index is 1.81.